The van der Waals surface area contributed by atoms with E-state index in [1.165, 1.54) is 0 Å². The number of hydrogen-bond donors (Lipinski definition) is 1. The van der Waals surface area contributed by atoms with E-state index in [0.29, 0.717) is 30.9 Å². The fourth-order valence-corrected chi connectivity index (χ4v) is 1.88. The summed E-state index contributed by atoms with van der Waals surface area (Å²) in [5.74, 6) is 0.959. The number of carbonyl (C=O) groups excluding carboxylic acids is 1. The molecule has 0 spiro atoms. The van der Waals surface area contributed by atoms with Gasteiger partial charge < -0.3 is 19.3 Å². The Kier molecular flexibility index (Phi) is 6.87. The number of methoxy groups -OCH3 is 2. The minimum atomic E-state index is -0.692. The number of aliphatic hydroxyl groups excluding tert-OH is 1. The number of rotatable bonds is 8. The SMILES string of the molecule is CCOC(=O)C[C@H](O)CCc1ccc(OC)c(OC)c1. The van der Waals surface area contributed by atoms with Crippen LogP contribution in [0.15, 0.2) is 18.2 Å². The maximum absolute atomic E-state index is 11.2. The van der Waals surface area contributed by atoms with E-state index in [1.807, 2.05) is 18.2 Å². The van der Waals surface area contributed by atoms with Crippen LogP contribution in [0.5, 0.6) is 11.5 Å². The first-order chi connectivity index (χ1) is 9.60. The third kappa shape index (κ3) is 5.09. The molecule has 0 unspecified atom stereocenters. The number of aryl methyl sites for hydroxylation is 1. The molecule has 112 valence electrons. The zero-order valence-corrected chi connectivity index (χ0v) is 12.2. The highest BCUT2D eigenvalue weighted by molar-refractivity contribution is 5.69. The van der Waals surface area contributed by atoms with Crippen molar-refractivity contribution >= 4 is 5.97 Å². The van der Waals surface area contributed by atoms with Gasteiger partial charge in [-0.05, 0) is 37.5 Å². The highest BCUT2D eigenvalue weighted by Gasteiger charge is 2.12. The summed E-state index contributed by atoms with van der Waals surface area (Å²) in [7, 11) is 3.16. The molecule has 0 fully saturated rings. The van der Waals surface area contributed by atoms with Gasteiger partial charge in [0.1, 0.15) is 0 Å². The minimum Gasteiger partial charge on any atom is -0.493 e. The van der Waals surface area contributed by atoms with Crippen molar-refractivity contribution in [2.24, 2.45) is 0 Å². The molecular weight excluding hydrogens is 260 g/mol. The third-order valence-electron chi connectivity index (χ3n) is 2.92. The molecule has 0 aliphatic rings. The Morgan fingerprint density at radius 3 is 2.55 bits per heavy atom. The van der Waals surface area contributed by atoms with Crippen molar-refractivity contribution in [1.29, 1.82) is 0 Å². The number of benzene rings is 1. The molecule has 0 aromatic heterocycles. The number of carbonyl (C=O) groups is 1. The van der Waals surface area contributed by atoms with Gasteiger partial charge in [-0.2, -0.15) is 0 Å². The van der Waals surface area contributed by atoms with E-state index < -0.39 is 6.10 Å². The molecule has 5 nitrogen and oxygen atoms in total. The molecule has 1 aromatic carbocycles. The number of hydrogen-bond acceptors (Lipinski definition) is 5. The van der Waals surface area contributed by atoms with Crippen LogP contribution in [0.3, 0.4) is 0 Å². The van der Waals surface area contributed by atoms with Gasteiger partial charge in [-0.3, -0.25) is 4.79 Å². The van der Waals surface area contributed by atoms with Crippen LogP contribution in [-0.4, -0.2) is 38.0 Å². The van der Waals surface area contributed by atoms with Gasteiger partial charge in [-0.15, -0.1) is 0 Å². The summed E-state index contributed by atoms with van der Waals surface area (Å²) >= 11 is 0. The van der Waals surface area contributed by atoms with Crippen LogP contribution in [0.2, 0.25) is 0 Å². The third-order valence-corrected chi connectivity index (χ3v) is 2.92. The molecule has 0 radical (unpaired) electrons. The second-order valence-electron chi connectivity index (χ2n) is 4.39. The molecule has 0 aliphatic heterocycles. The first-order valence-corrected chi connectivity index (χ1v) is 6.65. The number of esters is 1. The summed E-state index contributed by atoms with van der Waals surface area (Å²) in [6, 6.07) is 5.61. The lowest BCUT2D eigenvalue weighted by Crippen LogP contribution is -2.16. The molecule has 20 heavy (non-hydrogen) atoms. The summed E-state index contributed by atoms with van der Waals surface area (Å²) in [6.45, 7) is 2.08. The second-order valence-corrected chi connectivity index (χ2v) is 4.39. The van der Waals surface area contributed by atoms with Gasteiger partial charge in [-0.1, -0.05) is 6.07 Å². The Morgan fingerprint density at radius 1 is 1.25 bits per heavy atom. The van der Waals surface area contributed by atoms with Crippen LogP contribution in [0, 0.1) is 0 Å². The lowest BCUT2D eigenvalue weighted by atomic mass is 10.0. The van der Waals surface area contributed by atoms with Gasteiger partial charge in [0, 0.05) is 0 Å². The van der Waals surface area contributed by atoms with Crippen LogP contribution >= 0.6 is 0 Å². The van der Waals surface area contributed by atoms with Gasteiger partial charge in [0.05, 0.1) is 33.4 Å². The topological polar surface area (TPSA) is 65.0 Å². The average molecular weight is 282 g/mol. The second kappa shape index (κ2) is 8.43. The van der Waals surface area contributed by atoms with Gasteiger partial charge in [-0.25, -0.2) is 0 Å². The largest absolute Gasteiger partial charge is 0.493 e. The van der Waals surface area contributed by atoms with Crippen molar-refractivity contribution in [2.75, 3.05) is 20.8 Å². The van der Waals surface area contributed by atoms with Crippen LogP contribution in [0.4, 0.5) is 0 Å². The van der Waals surface area contributed by atoms with Crippen molar-refractivity contribution in [2.45, 2.75) is 32.3 Å². The van der Waals surface area contributed by atoms with Crippen molar-refractivity contribution in [3.8, 4) is 11.5 Å². The summed E-state index contributed by atoms with van der Waals surface area (Å²) in [6.07, 6.45) is 0.484. The molecule has 1 atom stereocenters. The smallest absolute Gasteiger partial charge is 0.308 e. The predicted molar refractivity (Wildman–Crippen MR) is 75.1 cm³/mol. The lowest BCUT2D eigenvalue weighted by molar-refractivity contribution is -0.145. The van der Waals surface area contributed by atoms with Gasteiger partial charge in [0.2, 0.25) is 0 Å². The summed E-state index contributed by atoms with van der Waals surface area (Å²) in [4.78, 5) is 11.2. The van der Waals surface area contributed by atoms with Crippen LogP contribution in [-0.2, 0) is 16.0 Å². The molecule has 1 N–H and O–H groups in total. The Morgan fingerprint density at radius 2 is 1.95 bits per heavy atom. The summed E-state index contributed by atoms with van der Waals surface area (Å²) < 4.78 is 15.2. The van der Waals surface area contributed by atoms with E-state index in [2.05, 4.69) is 0 Å². The Balaban J connectivity index is 2.51. The van der Waals surface area contributed by atoms with E-state index in [-0.39, 0.29) is 12.4 Å². The van der Waals surface area contributed by atoms with Gasteiger partial charge in [0.15, 0.2) is 11.5 Å². The van der Waals surface area contributed by atoms with E-state index >= 15 is 0 Å². The molecule has 0 saturated carbocycles. The van der Waals surface area contributed by atoms with Crippen LogP contribution < -0.4 is 9.47 Å². The normalized spacial score (nSPS) is 11.8. The monoisotopic (exact) mass is 282 g/mol. The zero-order chi connectivity index (χ0) is 15.0. The van der Waals surface area contributed by atoms with Gasteiger partial charge in [0.25, 0.3) is 0 Å². The average Bonchev–Trinajstić information content (AvgIpc) is 2.44. The van der Waals surface area contributed by atoms with E-state index in [4.69, 9.17) is 14.2 Å². The molecule has 0 aliphatic carbocycles. The number of aliphatic hydroxyl groups is 1. The standard InChI is InChI=1S/C15H22O5/c1-4-20-15(17)10-12(16)7-5-11-6-8-13(18-2)14(9-11)19-3/h6,8-9,12,16H,4-5,7,10H2,1-3H3/t12-/m1/s1. The lowest BCUT2D eigenvalue weighted by Gasteiger charge is -2.12. The fraction of sp³-hybridized carbons (Fsp3) is 0.533. The highest BCUT2D eigenvalue weighted by atomic mass is 16.5. The van der Waals surface area contributed by atoms with E-state index in [1.54, 1.807) is 21.1 Å². The maximum atomic E-state index is 11.2. The summed E-state index contributed by atoms with van der Waals surface area (Å²) in [5.41, 5.74) is 1.02. The highest BCUT2D eigenvalue weighted by Crippen LogP contribution is 2.28. The first kappa shape index (κ1) is 16.3. The zero-order valence-electron chi connectivity index (χ0n) is 12.2. The molecular formula is C15H22O5. The molecule has 5 heteroatoms. The maximum Gasteiger partial charge on any atom is 0.308 e. The fourth-order valence-electron chi connectivity index (χ4n) is 1.88. The van der Waals surface area contributed by atoms with Gasteiger partial charge >= 0.3 is 5.97 Å². The van der Waals surface area contributed by atoms with E-state index in [0.717, 1.165) is 5.56 Å². The molecule has 1 rings (SSSR count). The first-order valence-electron chi connectivity index (χ1n) is 6.65. The van der Waals surface area contributed by atoms with Crippen LogP contribution in [0.25, 0.3) is 0 Å². The molecule has 0 amide bonds. The number of ether oxygens (including phenoxy) is 3. The van der Waals surface area contributed by atoms with Crippen molar-refractivity contribution < 1.29 is 24.1 Å². The van der Waals surface area contributed by atoms with Crippen molar-refractivity contribution in [1.82, 2.24) is 0 Å². The quantitative estimate of drug-likeness (QED) is 0.738. The Hall–Kier alpha value is -1.75. The molecule has 0 heterocycles. The molecule has 0 bridgehead atoms. The molecule has 1 aromatic rings. The van der Waals surface area contributed by atoms with Crippen molar-refractivity contribution in [3.05, 3.63) is 23.8 Å². The Labute approximate surface area is 119 Å². The molecule has 0 saturated heterocycles. The van der Waals surface area contributed by atoms with Crippen LogP contribution in [0.1, 0.15) is 25.3 Å². The summed E-state index contributed by atoms with van der Waals surface area (Å²) in [5, 5.41) is 9.78. The minimum absolute atomic E-state index is 0.0289. The van der Waals surface area contributed by atoms with E-state index in [9.17, 15) is 9.90 Å². The Bertz CT molecular complexity index is 430. The van der Waals surface area contributed by atoms with Crippen molar-refractivity contribution in [3.63, 3.8) is 0 Å². The predicted octanol–water partition coefficient (Wildman–Crippen LogP) is 1.95.